The van der Waals surface area contributed by atoms with Crippen molar-refractivity contribution in [2.24, 2.45) is 11.8 Å². The van der Waals surface area contributed by atoms with E-state index in [9.17, 15) is 9.18 Å². The van der Waals surface area contributed by atoms with Crippen LogP contribution in [0, 0.1) is 11.8 Å². The largest absolute Gasteiger partial charge is 0.476 e. The van der Waals surface area contributed by atoms with Crippen LogP contribution in [0.15, 0.2) is 12.1 Å². The molecule has 1 saturated heterocycles. The third-order valence-electron chi connectivity index (χ3n) is 5.24. The van der Waals surface area contributed by atoms with Crippen LogP contribution in [0.3, 0.4) is 0 Å². The van der Waals surface area contributed by atoms with Crippen molar-refractivity contribution in [2.75, 3.05) is 44.4 Å². The second-order valence-electron chi connectivity index (χ2n) is 8.42. The summed E-state index contributed by atoms with van der Waals surface area (Å²) in [5, 5.41) is 2.90. The molecule has 2 heterocycles. The van der Waals surface area contributed by atoms with Gasteiger partial charge in [-0.2, -0.15) is 0 Å². The second-order valence-corrected chi connectivity index (χ2v) is 8.42. The molecule has 1 saturated carbocycles. The van der Waals surface area contributed by atoms with Crippen LogP contribution in [0.2, 0.25) is 0 Å². The quantitative estimate of drug-likeness (QED) is 0.571. The molecule has 0 unspecified atom stereocenters. The van der Waals surface area contributed by atoms with Crippen LogP contribution in [0.1, 0.15) is 59.2 Å². The van der Waals surface area contributed by atoms with E-state index >= 15 is 0 Å². The number of amides is 1. The third-order valence-corrected chi connectivity index (χ3v) is 5.24. The van der Waals surface area contributed by atoms with Gasteiger partial charge in [0.15, 0.2) is 0 Å². The van der Waals surface area contributed by atoms with E-state index in [4.69, 9.17) is 12.2 Å². The number of alkyl halides is 1. The number of carbonyl (C=O) groups excluding carboxylic acids is 1. The molecule has 1 atom stereocenters. The van der Waals surface area contributed by atoms with Crippen molar-refractivity contribution in [3.8, 4) is 5.88 Å². The average molecular weight is 410 g/mol. The number of anilines is 1. The molecule has 6 nitrogen and oxygen atoms in total. The van der Waals surface area contributed by atoms with Crippen LogP contribution in [-0.4, -0.2) is 56.5 Å². The van der Waals surface area contributed by atoms with E-state index in [0.29, 0.717) is 24.8 Å². The van der Waals surface area contributed by atoms with Crippen LogP contribution in [0.25, 0.3) is 0 Å². The summed E-state index contributed by atoms with van der Waals surface area (Å²) < 4.78 is 38.1. The van der Waals surface area contributed by atoms with Gasteiger partial charge in [-0.1, -0.05) is 13.8 Å². The minimum atomic E-state index is -2.90. The smallest absolute Gasteiger partial charge is 0.270 e. The number of aromatic nitrogens is 1. The van der Waals surface area contributed by atoms with Gasteiger partial charge in [0.1, 0.15) is 12.3 Å². The van der Waals surface area contributed by atoms with E-state index in [0.717, 1.165) is 31.6 Å². The first kappa shape index (κ1) is 19.1. The molecule has 29 heavy (non-hydrogen) atoms. The average Bonchev–Trinajstić information content (AvgIpc) is 3.36. The highest BCUT2D eigenvalue weighted by molar-refractivity contribution is 5.93. The molecule has 0 bridgehead atoms. The monoisotopic (exact) mass is 409 g/mol. The van der Waals surface area contributed by atoms with Crippen LogP contribution in [-0.2, 0) is 4.74 Å². The van der Waals surface area contributed by atoms with Gasteiger partial charge in [0.05, 0.1) is 34.3 Å². The lowest BCUT2D eigenvalue weighted by atomic mass is 10.0. The van der Waals surface area contributed by atoms with Crippen molar-refractivity contribution < 1.29 is 21.4 Å². The number of ether oxygens (including phenoxy) is 2. The fourth-order valence-electron chi connectivity index (χ4n) is 3.58. The predicted molar refractivity (Wildman–Crippen MR) is 111 cm³/mol. The Morgan fingerprint density at radius 1 is 1.38 bits per heavy atom. The Hall–Kier alpha value is -1.89. The highest BCUT2D eigenvalue weighted by Gasteiger charge is 2.25. The summed E-state index contributed by atoms with van der Waals surface area (Å²) in [6, 6.07) is 3.24. The summed E-state index contributed by atoms with van der Waals surface area (Å²) in [6.45, 7) is 3.04. The molecule has 2 fully saturated rings. The lowest BCUT2D eigenvalue weighted by molar-refractivity contribution is 0.0770. The van der Waals surface area contributed by atoms with Gasteiger partial charge in [-0.05, 0) is 56.1 Å². The van der Waals surface area contributed by atoms with E-state index in [1.54, 1.807) is 6.07 Å². The lowest BCUT2D eigenvalue weighted by Crippen LogP contribution is -2.39. The van der Waals surface area contributed by atoms with Crippen LogP contribution in [0.5, 0.6) is 5.88 Å². The molecule has 162 valence electrons. The van der Waals surface area contributed by atoms with Gasteiger partial charge < -0.3 is 19.7 Å². The molecular formula is C22H34FN3O3. The molecule has 3 rings (SSSR count). The van der Waals surface area contributed by atoms with Crippen molar-refractivity contribution >= 4 is 11.6 Å². The molecule has 1 aromatic heterocycles. The number of carbonyl (C=O) groups is 1. The van der Waals surface area contributed by atoms with Gasteiger partial charge in [-0.25, -0.2) is 9.37 Å². The van der Waals surface area contributed by atoms with Gasteiger partial charge >= 0.3 is 0 Å². The molecular weight excluding hydrogens is 373 g/mol. The summed E-state index contributed by atoms with van der Waals surface area (Å²) in [7, 11) is 0. The number of hydrogen-bond acceptors (Lipinski definition) is 5. The number of pyridine rings is 1. The first-order chi connectivity index (χ1) is 14.7. The Labute approximate surface area is 176 Å². The number of hydrogen-bond donors (Lipinski definition) is 1. The molecule has 7 heteroatoms. The van der Waals surface area contributed by atoms with E-state index in [1.807, 2.05) is 19.9 Å². The number of nitrogens with one attached hydrogen (secondary N) is 1. The van der Waals surface area contributed by atoms with Crippen molar-refractivity contribution in [3.63, 3.8) is 0 Å². The number of rotatable bonds is 12. The van der Waals surface area contributed by atoms with Crippen molar-refractivity contribution in [1.82, 2.24) is 10.3 Å². The standard InChI is InChI=1S/C22H34FN3O3/c1-16(2)13-18(15-28-12-9-23)24-21(27)19-7-8-20(26-10-3-4-11-26)22(25-19)29-14-17-5-6-17/h7-8,16-18H,3-6,9-15H2,1-2H3,(H,24,27)/t18-/m0/s1/i9D2. The van der Waals surface area contributed by atoms with E-state index in [1.165, 1.54) is 12.8 Å². The summed E-state index contributed by atoms with van der Waals surface area (Å²) in [6.07, 6.45) is 5.24. The maximum absolute atomic E-state index is 13.1. The number of halogens is 1. The first-order valence-electron chi connectivity index (χ1n) is 11.7. The Bertz CT molecular complexity index is 735. The van der Waals surface area contributed by atoms with Crippen LogP contribution < -0.4 is 15.0 Å². The Morgan fingerprint density at radius 3 is 2.79 bits per heavy atom. The normalized spacial score (nSPS) is 19.1. The van der Waals surface area contributed by atoms with Gasteiger partial charge in [-0.3, -0.25) is 4.79 Å². The highest BCUT2D eigenvalue weighted by atomic mass is 19.1. The van der Waals surface area contributed by atoms with Gasteiger partial charge in [0, 0.05) is 13.1 Å². The Kier molecular flexibility index (Phi) is 7.09. The summed E-state index contributed by atoms with van der Waals surface area (Å²) in [5.74, 6) is 1.01. The minimum Gasteiger partial charge on any atom is -0.476 e. The third kappa shape index (κ3) is 6.84. The molecule has 0 radical (unpaired) electrons. The summed E-state index contributed by atoms with van der Waals surface area (Å²) >= 11 is 0. The van der Waals surface area contributed by atoms with Gasteiger partial charge in [-0.15, -0.1) is 0 Å². The maximum Gasteiger partial charge on any atom is 0.270 e. The zero-order chi connectivity index (χ0) is 22.4. The van der Waals surface area contributed by atoms with Crippen molar-refractivity contribution in [1.29, 1.82) is 0 Å². The molecule has 1 N–H and O–H groups in total. The van der Waals surface area contributed by atoms with Gasteiger partial charge in [0.2, 0.25) is 5.88 Å². The molecule has 0 aromatic carbocycles. The molecule has 1 aromatic rings. The zero-order valence-corrected chi connectivity index (χ0v) is 17.5. The van der Waals surface area contributed by atoms with E-state index in [2.05, 4.69) is 15.2 Å². The van der Waals surface area contributed by atoms with Crippen LogP contribution >= 0.6 is 0 Å². The molecule has 1 aliphatic heterocycles. The highest BCUT2D eigenvalue weighted by Crippen LogP contribution is 2.33. The Balaban J connectivity index is 1.67. The molecule has 2 aliphatic rings. The van der Waals surface area contributed by atoms with Crippen molar-refractivity contribution in [2.45, 2.75) is 52.0 Å². The molecule has 1 amide bonds. The zero-order valence-electron chi connectivity index (χ0n) is 19.5. The molecule has 1 aliphatic carbocycles. The van der Waals surface area contributed by atoms with Crippen LogP contribution in [0.4, 0.5) is 10.1 Å². The fraction of sp³-hybridized carbons (Fsp3) is 0.727. The Morgan fingerprint density at radius 2 is 2.14 bits per heavy atom. The second kappa shape index (κ2) is 10.8. The van der Waals surface area contributed by atoms with Gasteiger partial charge in [0.25, 0.3) is 5.91 Å². The summed E-state index contributed by atoms with van der Waals surface area (Å²) in [5.41, 5.74) is 1.20. The van der Waals surface area contributed by atoms with Crippen molar-refractivity contribution in [3.05, 3.63) is 17.8 Å². The molecule has 0 spiro atoms. The summed E-state index contributed by atoms with van der Waals surface area (Å²) in [4.78, 5) is 19.7. The van der Waals surface area contributed by atoms with E-state index < -0.39 is 13.2 Å². The first-order valence-corrected chi connectivity index (χ1v) is 10.7. The topological polar surface area (TPSA) is 63.7 Å². The maximum atomic E-state index is 13.1. The predicted octanol–water partition coefficient (Wildman–Crippen LogP) is 3.60. The minimum absolute atomic E-state index is 0.0320. The SMILES string of the molecule is [2H]C([2H])(F)COC[C@H](CC(C)C)NC(=O)c1ccc(N2CCCC2)c(OCC2CC2)n1. The van der Waals surface area contributed by atoms with E-state index in [-0.39, 0.29) is 30.2 Å². The lowest BCUT2D eigenvalue weighted by Gasteiger charge is -2.22. The number of nitrogens with zero attached hydrogens (tertiary/aromatic N) is 2. The fourth-order valence-corrected chi connectivity index (χ4v) is 3.58.